The van der Waals surface area contributed by atoms with Crippen LogP contribution >= 0.6 is 12.4 Å². The molecule has 0 amide bonds. The molecule has 0 spiro atoms. The van der Waals surface area contributed by atoms with Gasteiger partial charge in [0.05, 0.1) is 7.11 Å². The number of methoxy groups -OCH3 is 1. The largest absolute Gasteiger partial charge is 0.494 e. The van der Waals surface area contributed by atoms with Crippen molar-refractivity contribution in [3.05, 3.63) is 29.6 Å². The predicted octanol–water partition coefficient (Wildman–Crippen LogP) is 2.86. The highest BCUT2D eigenvalue weighted by Gasteiger charge is 2.26. The van der Waals surface area contributed by atoms with Crippen LogP contribution in [0.4, 0.5) is 13.2 Å². The summed E-state index contributed by atoms with van der Waals surface area (Å²) in [6.45, 7) is 2.90. The molecule has 1 aliphatic rings. The lowest BCUT2D eigenvalue weighted by Gasteiger charge is -2.35. The van der Waals surface area contributed by atoms with Gasteiger partial charge in [-0.2, -0.15) is 0 Å². The molecular weight excluding hydrogens is 305 g/mol. The van der Waals surface area contributed by atoms with Gasteiger partial charge in [0.25, 0.3) is 0 Å². The van der Waals surface area contributed by atoms with E-state index in [0.717, 1.165) is 13.1 Å². The zero-order valence-corrected chi connectivity index (χ0v) is 12.6. The molecule has 1 atom stereocenters. The zero-order valence-electron chi connectivity index (χ0n) is 11.8. The van der Waals surface area contributed by atoms with Crippen LogP contribution in [0, 0.1) is 5.82 Å². The Hall–Kier alpha value is -0.980. The molecule has 0 saturated carbocycles. The third-order valence-corrected chi connectivity index (χ3v) is 3.55. The van der Waals surface area contributed by atoms with Gasteiger partial charge in [-0.15, -0.1) is 12.4 Å². The van der Waals surface area contributed by atoms with Gasteiger partial charge in [0, 0.05) is 38.6 Å². The fourth-order valence-corrected chi connectivity index (χ4v) is 2.55. The summed E-state index contributed by atoms with van der Waals surface area (Å²) in [5.41, 5.74) is 0.575. The molecule has 7 heteroatoms. The summed E-state index contributed by atoms with van der Waals surface area (Å²) in [6.07, 6.45) is -2.70. The van der Waals surface area contributed by atoms with Gasteiger partial charge in [0.2, 0.25) is 6.43 Å². The maximum Gasteiger partial charge on any atom is 0.240 e. The van der Waals surface area contributed by atoms with Crippen molar-refractivity contribution in [3.8, 4) is 5.75 Å². The van der Waals surface area contributed by atoms with Gasteiger partial charge in [-0.25, -0.2) is 13.2 Å². The van der Waals surface area contributed by atoms with Crippen molar-refractivity contribution in [3.63, 3.8) is 0 Å². The fourth-order valence-electron chi connectivity index (χ4n) is 2.55. The number of hydrogen-bond donors (Lipinski definition) is 1. The Morgan fingerprint density at radius 1 is 1.29 bits per heavy atom. The molecule has 1 fully saturated rings. The average molecular weight is 325 g/mol. The second-order valence-corrected chi connectivity index (χ2v) is 4.82. The minimum atomic E-state index is -2.42. The molecule has 2 rings (SSSR count). The topological polar surface area (TPSA) is 24.5 Å². The van der Waals surface area contributed by atoms with E-state index in [1.807, 2.05) is 4.90 Å². The molecule has 1 aromatic rings. The number of halogens is 4. The Kier molecular flexibility index (Phi) is 7.28. The normalized spacial score (nSPS) is 17.4. The van der Waals surface area contributed by atoms with E-state index in [9.17, 15) is 13.2 Å². The highest BCUT2D eigenvalue weighted by Crippen LogP contribution is 2.30. The molecule has 1 N–H and O–H groups in total. The summed E-state index contributed by atoms with van der Waals surface area (Å²) in [7, 11) is 1.38. The van der Waals surface area contributed by atoms with Gasteiger partial charge in [-0.1, -0.05) is 6.07 Å². The average Bonchev–Trinajstić information content (AvgIpc) is 2.45. The van der Waals surface area contributed by atoms with E-state index in [1.165, 1.54) is 19.2 Å². The number of nitrogens with zero attached hydrogens (tertiary/aromatic N) is 1. The van der Waals surface area contributed by atoms with Crippen LogP contribution in [0.3, 0.4) is 0 Å². The maximum atomic E-state index is 13.8. The van der Waals surface area contributed by atoms with E-state index in [2.05, 4.69) is 5.32 Å². The Labute approximate surface area is 128 Å². The first-order valence-electron chi connectivity index (χ1n) is 6.68. The molecule has 0 aliphatic carbocycles. The number of hydrogen-bond acceptors (Lipinski definition) is 3. The fraction of sp³-hybridized carbons (Fsp3) is 0.571. The van der Waals surface area contributed by atoms with Gasteiger partial charge >= 0.3 is 0 Å². The van der Waals surface area contributed by atoms with Crippen LogP contribution in [0.15, 0.2) is 18.2 Å². The second kappa shape index (κ2) is 8.46. The molecular formula is C14H20ClF3N2O. The molecule has 120 valence electrons. The minimum absolute atomic E-state index is 0. The highest BCUT2D eigenvalue weighted by molar-refractivity contribution is 5.85. The Balaban J connectivity index is 0.00000220. The molecule has 0 bridgehead atoms. The van der Waals surface area contributed by atoms with Gasteiger partial charge < -0.3 is 10.1 Å². The number of alkyl halides is 2. The van der Waals surface area contributed by atoms with Crippen LogP contribution < -0.4 is 10.1 Å². The van der Waals surface area contributed by atoms with Gasteiger partial charge in [-0.3, -0.25) is 4.90 Å². The van der Waals surface area contributed by atoms with Gasteiger partial charge in [-0.05, 0) is 17.7 Å². The van der Waals surface area contributed by atoms with E-state index in [4.69, 9.17) is 4.74 Å². The van der Waals surface area contributed by atoms with Crippen molar-refractivity contribution in [1.29, 1.82) is 0 Å². The monoisotopic (exact) mass is 324 g/mol. The molecule has 1 aromatic carbocycles. The van der Waals surface area contributed by atoms with Crippen molar-refractivity contribution in [2.45, 2.75) is 18.9 Å². The zero-order chi connectivity index (χ0) is 14.5. The van der Waals surface area contributed by atoms with Crippen molar-refractivity contribution in [1.82, 2.24) is 10.2 Å². The van der Waals surface area contributed by atoms with Crippen LogP contribution in [0.25, 0.3) is 0 Å². The van der Waals surface area contributed by atoms with Crippen LogP contribution in [0.1, 0.15) is 18.0 Å². The molecule has 0 unspecified atom stereocenters. The molecule has 0 radical (unpaired) electrons. The summed E-state index contributed by atoms with van der Waals surface area (Å²) in [5, 5.41) is 3.18. The maximum absolute atomic E-state index is 13.8. The lowest BCUT2D eigenvalue weighted by Crippen LogP contribution is -2.45. The third kappa shape index (κ3) is 4.76. The first-order chi connectivity index (χ1) is 9.61. The summed E-state index contributed by atoms with van der Waals surface area (Å²) >= 11 is 0. The Bertz CT molecular complexity index is 442. The molecule has 3 nitrogen and oxygen atoms in total. The third-order valence-electron chi connectivity index (χ3n) is 3.55. The lowest BCUT2D eigenvalue weighted by atomic mass is 10.0. The molecule has 0 aromatic heterocycles. The SMILES string of the molecule is COc1ccc([C@H](CC(F)F)N2CCNCC2)cc1F.Cl. The van der Waals surface area contributed by atoms with Crippen molar-refractivity contribution in [2.75, 3.05) is 33.3 Å². The van der Waals surface area contributed by atoms with Crippen LogP contribution in [0.2, 0.25) is 0 Å². The number of piperazine rings is 1. The summed E-state index contributed by atoms with van der Waals surface area (Å²) in [5.74, 6) is -0.385. The van der Waals surface area contributed by atoms with Gasteiger partial charge in [0.15, 0.2) is 11.6 Å². The van der Waals surface area contributed by atoms with E-state index < -0.39 is 18.3 Å². The van der Waals surface area contributed by atoms with Crippen LogP contribution in [-0.4, -0.2) is 44.6 Å². The minimum Gasteiger partial charge on any atom is -0.494 e. The van der Waals surface area contributed by atoms with E-state index in [0.29, 0.717) is 18.7 Å². The van der Waals surface area contributed by atoms with Crippen molar-refractivity contribution in [2.24, 2.45) is 0 Å². The van der Waals surface area contributed by atoms with Crippen molar-refractivity contribution < 1.29 is 17.9 Å². The predicted molar refractivity (Wildman–Crippen MR) is 78.0 cm³/mol. The standard InChI is InChI=1S/C14H19F3N2O.ClH/c1-20-13-3-2-10(8-11(13)15)12(9-14(16)17)19-6-4-18-5-7-19;/h2-3,8,12,14,18H,4-7,9H2,1H3;1H/t12-;/m0./s1. The molecule has 1 aliphatic heterocycles. The van der Waals surface area contributed by atoms with E-state index in [1.54, 1.807) is 6.07 Å². The lowest BCUT2D eigenvalue weighted by molar-refractivity contribution is 0.0737. The Morgan fingerprint density at radius 3 is 2.48 bits per heavy atom. The quantitative estimate of drug-likeness (QED) is 0.901. The first-order valence-corrected chi connectivity index (χ1v) is 6.68. The first kappa shape index (κ1) is 18.1. The molecule has 1 saturated heterocycles. The number of ether oxygens (including phenoxy) is 1. The van der Waals surface area contributed by atoms with Crippen LogP contribution in [-0.2, 0) is 0 Å². The highest BCUT2D eigenvalue weighted by atomic mass is 35.5. The number of rotatable bonds is 5. The van der Waals surface area contributed by atoms with E-state index in [-0.39, 0.29) is 24.6 Å². The van der Waals surface area contributed by atoms with Crippen molar-refractivity contribution >= 4 is 12.4 Å². The Morgan fingerprint density at radius 2 is 1.95 bits per heavy atom. The van der Waals surface area contributed by atoms with Gasteiger partial charge in [0.1, 0.15) is 0 Å². The summed E-state index contributed by atoms with van der Waals surface area (Å²) < 4.78 is 44.3. The second-order valence-electron chi connectivity index (χ2n) is 4.82. The molecule has 1 heterocycles. The number of nitrogens with one attached hydrogen (secondary N) is 1. The smallest absolute Gasteiger partial charge is 0.240 e. The van der Waals surface area contributed by atoms with Crippen LogP contribution in [0.5, 0.6) is 5.75 Å². The summed E-state index contributed by atoms with van der Waals surface area (Å²) in [4.78, 5) is 1.98. The summed E-state index contributed by atoms with van der Waals surface area (Å²) in [6, 6.07) is 3.99. The number of benzene rings is 1. The molecule has 21 heavy (non-hydrogen) atoms. The van der Waals surface area contributed by atoms with E-state index >= 15 is 0 Å².